The summed E-state index contributed by atoms with van der Waals surface area (Å²) in [4.78, 5) is 26.9. The number of likely N-dealkylation sites (tertiary alicyclic amines) is 1. The van der Waals surface area contributed by atoms with Crippen molar-refractivity contribution in [3.63, 3.8) is 0 Å². The van der Waals surface area contributed by atoms with E-state index in [1.807, 2.05) is 29.2 Å². The lowest BCUT2D eigenvalue weighted by Gasteiger charge is -2.26. The summed E-state index contributed by atoms with van der Waals surface area (Å²) in [6, 6.07) is 14.8. The summed E-state index contributed by atoms with van der Waals surface area (Å²) in [6.45, 7) is 2.13. The van der Waals surface area contributed by atoms with Crippen molar-refractivity contribution < 1.29 is 14.3 Å². The van der Waals surface area contributed by atoms with Crippen LogP contribution in [0.4, 0.5) is 0 Å². The number of amides is 2. The molecule has 1 fully saturated rings. The molecule has 0 spiro atoms. The summed E-state index contributed by atoms with van der Waals surface area (Å²) < 4.78 is 5.21. The molecule has 3 rings (SSSR count). The first-order valence-corrected chi connectivity index (χ1v) is 9.48. The van der Waals surface area contributed by atoms with Gasteiger partial charge in [-0.15, -0.1) is 0 Å². The van der Waals surface area contributed by atoms with Gasteiger partial charge in [-0.25, -0.2) is 0 Å². The first kappa shape index (κ1) is 19.0. The van der Waals surface area contributed by atoms with Crippen molar-refractivity contribution in [2.24, 2.45) is 0 Å². The van der Waals surface area contributed by atoms with Crippen LogP contribution in [0.5, 0.6) is 5.75 Å². The lowest BCUT2D eigenvalue weighted by atomic mass is 10.1. The Kier molecular flexibility index (Phi) is 6.47. The van der Waals surface area contributed by atoms with Gasteiger partial charge in [-0.2, -0.15) is 0 Å². The molecule has 2 aromatic carbocycles. The summed E-state index contributed by atoms with van der Waals surface area (Å²) in [5.41, 5.74) is 2.20. The Bertz CT molecular complexity index is 798. The number of hydrogen-bond acceptors (Lipinski definition) is 3. The molecule has 0 unspecified atom stereocenters. The summed E-state index contributed by atoms with van der Waals surface area (Å²) in [6.07, 6.45) is 4.00. The number of piperidine rings is 1. The second-order valence-electron chi connectivity index (χ2n) is 6.79. The fourth-order valence-electron chi connectivity index (χ4n) is 3.32. The van der Waals surface area contributed by atoms with Crippen molar-refractivity contribution in [1.29, 1.82) is 0 Å². The Labute approximate surface area is 160 Å². The van der Waals surface area contributed by atoms with E-state index in [9.17, 15) is 9.59 Å². The van der Waals surface area contributed by atoms with Gasteiger partial charge in [-0.05, 0) is 61.6 Å². The van der Waals surface area contributed by atoms with Gasteiger partial charge in [0.1, 0.15) is 5.75 Å². The summed E-state index contributed by atoms with van der Waals surface area (Å²) in [5, 5.41) is 2.93. The molecular formula is C22H26N2O3. The standard InChI is InChI=1S/C22H26N2O3/c1-27-20-10-5-7-17(15-20)11-12-23-21(25)18-8-6-9-19(16-18)22(26)24-13-3-2-4-14-24/h5-10,15-16H,2-4,11-14H2,1H3,(H,23,25). The van der Waals surface area contributed by atoms with Gasteiger partial charge in [0, 0.05) is 30.8 Å². The minimum absolute atomic E-state index is 0.0146. The molecule has 1 N–H and O–H groups in total. The zero-order valence-electron chi connectivity index (χ0n) is 15.7. The van der Waals surface area contributed by atoms with E-state index in [1.54, 1.807) is 31.4 Å². The summed E-state index contributed by atoms with van der Waals surface area (Å²) in [7, 11) is 1.64. The highest BCUT2D eigenvalue weighted by Gasteiger charge is 2.19. The SMILES string of the molecule is COc1cccc(CCNC(=O)c2cccc(C(=O)N3CCCCC3)c2)c1. The smallest absolute Gasteiger partial charge is 0.253 e. The van der Waals surface area contributed by atoms with Gasteiger partial charge in [-0.1, -0.05) is 18.2 Å². The number of rotatable bonds is 6. The van der Waals surface area contributed by atoms with Crippen LogP contribution in [-0.2, 0) is 6.42 Å². The molecule has 5 nitrogen and oxygen atoms in total. The largest absolute Gasteiger partial charge is 0.497 e. The summed E-state index contributed by atoms with van der Waals surface area (Å²) >= 11 is 0. The van der Waals surface area contributed by atoms with Crippen LogP contribution in [0.3, 0.4) is 0 Å². The maximum absolute atomic E-state index is 12.6. The third-order valence-electron chi connectivity index (χ3n) is 4.85. The van der Waals surface area contributed by atoms with Crippen LogP contribution in [0.1, 0.15) is 45.5 Å². The van der Waals surface area contributed by atoms with Crippen molar-refractivity contribution in [1.82, 2.24) is 10.2 Å². The van der Waals surface area contributed by atoms with Gasteiger partial charge in [0.25, 0.3) is 11.8 Å². The minimum Gasteiger partial charge on any atom is -0.497 e. The van der Waals surface area contributed by atoms with Crippen LogP contribution in [-0.4, -0.2) is 43.5 Å². The molecule has 0 atom stereocenters. The van der Waals surface area contributed by atoms with Gasteiger partial charge in [0.05, 0.1) is 7.11 Å². The molecule has 0 radical (unpaired) electrons. The molecule has 0 bridgehead atoms. The molecule has 1 heterocycles. The molecular weight excluding hydrogens is 340 g/mol. The molecule has 2 aromatic rings. The monoisotopic (exact) mass is 366 g/mol. The first-order valence-electron chi connectivity index (χ1n) is 9.48. The molecule has 1 aliphatic heterocycles. The predicted molar refractivity (Wildman–Crippen MR) is 105 cm³/mol. The molecule has 0 aromatic heterocycles. The molecule has 1 aliphatic rings. The predicted octanol–water partition coefficient (Wildman–Crippen LogP) is 3.29. The highest BCUT2D eigenvalue weighted by molar-refractivity contribution is 5.99. The minimum atomic E-state index is -0.161. The lowest BCUT2D eigenvalue weighted by molar-refractivity contribution is 0.0724. The number of hydrogen-bond donors (Lipinski definition) is 1. The normalized spacial score (nSPS) is 13.9. The second-order valence-corrected chi connectivity index (χ2v) is 6.79. The van der Waals surface area contributed by atoms with Crippen LogP contribution in [0, 0.1) is 0 Å². The van der Waals surface area contributed by atoms with Gasteiger partial charge in [0.15, 0.2) is 0 Å². The topological polar surface area (TPSA) is 58.6 Å². The zero-order valence-corrected chi connectivity index (χ0v) is 15.7. The van der Waals surface area contributed by atoms with Gasteiger partial charge < -0.3 is 15.0 Å². The van der Waals surface area contributed by atoms with Crippen molar-refractivity contribution >= 4 is 11.8 Å². The number of methoxy groups -OCH3 is 1. The number of carbonyl (C=O) groups excluding carboxylic acids is 2. The summed E-state index contributed by atoms with van der Waals surface area (Å²) in [5.74, 6) is 0.662. The molecule has 1 saturated heterocycles. The number of benzene rings is 2. The van der Waals surface area contributed by atoms with E-state index in [1.165, 1.54) is 6.42 Å². The third-order valence-corrected chi connectivity index (χ3v) is 4.85. The van der Waals surface area contributed by atoms with Gasteiger partial charge in [0.2, 0.25) is 0 Å². The molecule has 142 valence electrons. The van der Waals surface area contributed by atoms with E-state index >= 15 is 0 Å². The highest BCUT2D eigenvalue weighted by atomic mass is 16.5. The second kappa shape index (κ2) is 9.21. The van der Waals surface area contributed by atoms with E-state index in [-0.39, 0.29) is 11.8 Å². The van der Waals surface area contributed by atoms with Crippen LogP contribution in [0.25, 0.3) is 0 Å². The van der Waals surface area contributed by atoms with Gasteiger partial charge in [-0.3, -0.25) is 9.59 Å². The number of nitrogens with zero attached hydrogens (tertiary/aromatic N) is 1. The first-order chi connectivity index (χ1) is 13.2. The van der Waals surface area contributed by atoms with Crippen LogP contribution < -0.4 is 10.1 Å². The number of carbonyl (C=O) groups is 2. The van der Waals surface area contributed by atoms with E-state index in [4.69, 9.17) is 4.74 Å². The van der Waals surface area contributed by atoms with Crippen LogP contribution in [0.15, 0.2) is 48.5 Å². The van der Waals surface area contributed by atoms with Crippen LogP contribution in [0.2, 0.25) is 0 Å². The van der Waals surface area contributed by atoms with Crippen LogP contribution >= 0.6 is 0 Å². The maximum atomic E-state index is 12.6. The van der Waals surface area contributed by atoms with Gasteiger partial charge >= 0.3 is 0 Å². The molecule has 27 heavy (non-hydrogen) atoms. The number of ether oxygens (including phenoxy) is 1. The highest BCUT2D eigenvalue weighted by Crippen LogP contribution is 2.15. The Balaban J connectivity index is 1.57. The Hall–Kier alpha value is -2.82. The Morgan fingerprint density at radius 2 is 1.74 bits per heavy atom. The van der Waals surface area contributed by atoms with E-state index in [0.717, 1.165) is 43.7 Å². The lowest BCUT2D eigenvalue weighted by Crippen LogP contribution is -2.35. The Morgan fingerprint density at radius 1 is 1.00 bits per heavy atom. The fourth-order valence-corrected chi connectivity index (χ4v) is 3.32. The van der Waals surface area contributed by atoms with Crippen molar-refractivity contribution in [3.8, 4) is 5.75 Å². The Morgan fingerprint density at radius 3 is 2.52 bits per heavy atom. The van der Waals surface area contributed by atoms with E-state index in [0.29, 0.717) is 17.7 Å². The molecule has 2 amide bonds. The van der Waals surface area contributed by atoms with Crippen molar-refractivity contribution in [3.05, 3.63) is 65.2 Å². The average Bonchev–Trinajstić information content (AvgIpc) is 2.74. The number of nitrogens with one attached hydrogen (secondary N) is 1. The van der Waals surface area contributed by atoms with Crippen molar-refractivity contribution in [2.45, 2.75) is 25.7 Å². The van der Waals surface area contributed by atoms with E-state index in [2.05, 4.69) is 5.32 Å². The quantitative estimate of drug-likeness (QED) is 0.853. The van der Waals surface area contributed by atoms with E-state index < -0.39 is 0 Å². The zero-order chi connectivity index (χ0) is 19.1. The third kappa shape index (κ3) is 5.09. The fraction of sp³-hybridized carbons (Fsp3) is 0.364. The average molecular weight is 366 g/mol. The molecule has 0 aliphatic carbocycles. The molecule has 0 saturated carbocycles. The van der Waals surface area contributed by atoms with Crippen molar-refractivity contribution in [2.75, 3.05) is 26.7 Å². The maximum Gasteiger partial charge on any atom is 0.253 e. The molecule has 5 heteroatoms.